The van der Waals surface area contributed by atoms with E-state index in [-0.39, 0.29) is 0 Å². The number of nitrogens with zero attached hydrogens (tertiary/aromatic N) is 2. The van der Waals surface area contributed by atoms with Crippen LogP contribution in [0, 0.1) is 0 Å². The molecule has 0 radical (unpaired) electrons. The molecule has 0 N–H and O–H groups in total. The van der Waals surface area contributed by atoms with E-state index in [1.807, 2.05) is 53.2 Å². The molecule has 4 heteroatoms. The van der Waals surface area contributed by atoms with E-state index in [0.717, 1.165) is 39.6 Å². The molecule has 0 fully saturated rings. The smallest absolute Gasteiger partial charge is 0.0934 e. The third kappa shape index (κ3) is 3.78. The molecule has 0 saturated carbocycles. The second kappa shape index (κ2) is 7.59. The molecule has 0 amide bonds. The molecule has 0 aliphatic heterocycles. The van der Waals surface area contributed by atoms with Crippen molar-refractivity contribution in [2.75, 3.05) is 0 Å². The molecule has 1 heterocycles. The minimum atomic E-state index is 0.714. The lowest BCUT2D eigenvalue weighted by atomic mass is 10.1. The lowest BCUT2D eigenvalue weighted by molar-refractivity contribution is 0.890. The van der Waals surface area contributed by atoms with Gasteiger partial charge in [0.2, 0.25) is 0 Å². The molecule has 134 valence electrons. The average molecular weight is 393 g/mol. The van der Waals surface area contributed by atoms with Gasteiger partial charge in [-0.25, -0.2) is 4.68 Å². The maximum atomic E-state index is 6.07. The molecule has 0 bridgehead atoms. The van der Waals surface area contributed by atoms with Crippen molar-refractivity contribution in [3.63, 3.8) is 0 Å². The highest BCUT2D eigenvalue weighted by Crippen LogP contribution is 2.30. The van der Waals surface area contributed by atoms with Crippen molar-refractivity contribution in [1.29, 1.82) is 0 Å². The fourth-order valence-corrected chi connectivity index (χ4v) is 3.29. The van der Waals surface area contributed by atoms with E-state index in [1.165, 1.54) is 5.56 Å². The lowest BCUT2D eigenvalue weighted by Crippen LogP contribution is -1.99. The van der Waals surface area contributed by atoms with Crippen molar-refractivity contribution in [3.8, 4) is 28.2 Å². The molecule has 0 atom stereocenters. The summed E-state index contributed by atoms with van der Waals surface area (Å²) in [6.07, 6.45) is 1.01. The van der Waals surface area contributed by atoms with Gasteiger partial charge in [0.15, 0.2) is 0 Å². The summed E-state index contributed by atoms with van der Waals surface area (Å²) in [5.74, 6) is 0. The number of aromatic nitrogens is 2. The van der Waals surface area contributed by atoms with Gasteiger partial charge in [0.05, 0.1) is 17.1 Å². The average Bonchev–Trinajstić information content (AvgIpc) is 3.14. The van der Waals surface area contributed by atoms with Gasteiger partial charge in [-0.2, -0.15) is 5.10 Å². The van der Waals surface area contributed by atoms with Crippen molar-refractivity contribution in [3.05, 3.63) is 94.5 Å². The van der Waals surface area contributed by atoms with Gasteiger partial charge >= 0.3 is 0 Å². The summed E-state index contributed by atoms with van der Waals surface area (Å²) in [6, 6.07) is 26.2. The second-order valence-electron chi connectivity index (χ2n) is 6.36. The van der Waals surface area contributed by atoms with E-state index >= 15 is 0 Å². The number of halogens is 2. The highest BCUT2D eigenvalue weighted by molar-refractivity contribution is 6.30. The molecule has 0 unspecified atom stereocenters. The van der Waals surface area contributed by atoms with Crippen LogP contribution in [-0.4, -0.2) is 9.78 Å². The highest BCUT2D eigenvalue weighted by atomic mass is 35.5. The van der Waals surface area contributed by atoms with Gasteiger partial charge in [-0.3, -0.25) is 0 Å². The zero-order valence-corrected chi connectivity index (χ0v) is 16.4. The van der Waals surface area contributed by atoms with Crippen LogP contribution in [0.5, 0.6) is 0 Å². The molecule has 0 aliphatic rings. The molecule has 4 rings (SSSR count). The van der Waals surface area contributed by atoms with Crippen LogP contribution in [0.1, 0.15) is 12.5 Å². The van der Waals surface area contributed by atoms with Gasteiger partial charge < -0.3 is 0 Å². The van der Waals surface area contributed by atoms with Crippen molar-refractivity contribution >= 4 is 23.2 Å². The second-order valence-corrected chi connectivity index (χ2v) is 7.23. The molecule has 3 aromatic carbocycles. The summed E-state index contributed by atoms with van der Waals surface area (Å²) in [7, 11) is 0. The first-order valence-corrected chi connectivity index (χ1v) is 9.61. The van der Waals surface area contributed by atoms with Gasteiger partial charge in [-0.05, 0) is 54.4 Å². The van der Waals surface area contributed by atoms with Gasteiger partial charge in [-0.1, -0.05) is 66.5 Å². The molecule has 2 nitrogen and oxygen atoms in total. The van der Waals surface area contributed by atoms with Crippen LogP contribution in [0.15, 0.2) is 78.9 Å². The highest BCUT2D eigenvalue weighted by Gasteiger charge is 2.13. The number of benzene rings is 3. The topological polar surface area (TPSA) is 17.8 Å². The van der Waals surface area contributed by atoms with E-state index in [4.69, 9.17) is 28.3 Å². The molecular formula is C23H18Cl2N2. The Hall–Kier alpha value is -2.55. The van der Waals surface area contributed by atoms with Gasteiger partial charge in [-0.15, -0.1) is 0 Å². The first-order chi connectivity index (χ1) is 13.1. The lowest BCUT2D eigenvalue weighted by Gasteiger charge is -2.08. The van der Waals surface area contributed by atoms with Crippen molar-refractivity contribution in [2.24, 2.45) is 0 Å². The van der Waals surface area contributed by atoms with Crippen LogP contribution < -0.4 is 0 Å². The number of hydrogen-bond acceptors (Lipinski definition) is 1. The van der Waals surface area contributed by atoms with Gasteiger partial charge in [0.1, 0.15) is 0 Å². The standard InChI is InChI=1S/C23H18Cl2N2/c1-2-16-3-13-21(14-4-16)27-23(18-7-11-20(25)12-8-18)15-22(26-27)17-5-9-19(24)10-6-17/h3-15H,2H2,1H3. The Bertz CT molecular complexity index is 1050. The van der Waals surface area contributed by atoms with Crippen molar-refractivity contribution in [2.45, 2.75) is 13.3 Å². The SMILES string of the molecule is CCc1ccc(-n2nc(-c3ccc(Cl)cc3)cc2-c2ccc(Cl)cc2)cc1. The molecular weight excluding hydrogens is 375 g/mol. The molecule has 1 aromatic heterocycles. The quantitative estimate of drug-likeness (QED) is 0.362. The monoisotopic (exact) mass is 392 g/mol. The van der Waals surface area contributed by atoms with Crippen LogP contribution >= 0.6 is 23.2 Å². The maximum absolute atomic E-state index is 6.07. The van der Waals surface area contributed by atoms with Crippen molar-refractivity contribution < 1.29 is 0 Å². The molecule has 27 heavy (non-hydrogen) atoms. The van der Waals surface area contributed by atoms with E-state index in [9.17, 15) is 0 Å². The summed E-state index contributed by atoms with van der Waals surface area (Å²) < 4.78 is 1.98. The van der Waals surface area contributed by atoms with Crippen LogP contribution in [0.2, 0.25) is 10.0 Å². The Morgan fingerprint density at radius 3 is 1.85 bits per heavy atom. The molecule has 0 saturated heterocycles. The van der Waals surface area contributed by atoms with Crippen LogP contribution in [0.25, 0.3) is 28.2 Å². The number of hydrogen-bond donors (Lipinski definition) is 0. The van der Waals surface area contributed by atoms with E-state index < -0.39 is 0 Å². The fourth-order valence-electron chi connectivity index (χ4n) is 3.04. The Morgan fingerprint density at radius 2 is 1.30 bits per heavy atom. The molecule has 0 aliphatic carbocycles. The minimum absolute atomic E-state index is 0.714. The molecule has 0 spiro atoms. The zero-order valence-electron chi connectivity index (χ0n) is 14.9. The van der Waals surface area contributed by atoms with E-state index in [0.29, 0.717) is 5.02 Å². The first-order valence-electron chi connectivity index (χ1n) is 8.85. The Kier molecular flexibility index (Phi) is 5.02. The Labute approximate surface area is 169 Å². The third-order valence-electron chi connectivity index (χ3n) is 4.58. The number of rotatable bonds is 4. The van der Waals surface area contributed by atoms with Gasteiger partial charge in [0, 0.05) is 21.2 Å². The van der Waals surface area contributed by atoms with Crippen LogP contribution in [0.3, 0.4) is 0 Å². The Morgan fingerprint density at radius 1 is 0.741 bits per heavy atom. The van der Waals surface area contributed by atoms with Gasteiger partial charge in [0.25, 0.3) is 0 Å². The Balaban J connectivity index is 1.86. The minimum Gasteiger partial charge on any atom is -0.232 e. The van der Waals surface area contributed by atoms with Crippen LogP contribution in [0.4, 0.5) is 0 Å². The predicted octanol–water partition coefficient (Wildman–Crippen LogP) is 7.08. The summed E-state index contributed by atoms with van der Waals surface area (Å²) in [4.78, 5) is 0. The normalized spacial score (nSPS) is 10.9. The van der Waals surface area contributed by atoms with Crippen molar-refractivity contribution in [1.82, 2.24) is 9.78 Å². The zero-order chi connectivity index (χ0) is 18.8. The van der Waals surface area contributed by atoms with Crippen LogP contribution in [-0.2, 0) is 6.42 Å². The first kappa shape index (κ1) is 17.8. The van der Waals surface area contributed by atoms with E-state index in [1.54, 1.807) is 0 Å². The maximum Gasteiger partial charge on any atom is 0.0934 e. The fraction of sp³-hybridized carbons (Fsp3) is 0.0870. The molecule has 4 aromatic rings. The summed E-state index contributed by atoms with van der Waals surface area (Å²) in [6.45, 7) is 2.15. The van der Waals surface area contributed by atoms with E-state index in [2.05, 4.69) is 37.3 Å². The summed E-state index contributed by atoms with van der Waals surface area (Å²) in [5.41, 5.74) is 6.33. The number of aryl methyl sites for hydroxylation is 1. The predicted molar refractivity (Wildman–Crippen MR) is 114 cm³/mol. The summed E-state index contributed by atoms with van der Waals surface area (Å²) in [5, 5.41) is 6.31. The largest absolute Gasteiger partial charge is 0.232 e. The third-order valence-corrected chi connectivity index (χ3v) is 5.08. The summed E-state index contributed by atoms with van der Waals surface area (Å²) >= 11 is 12.1.